The van der Waals surface area contributed by atoms with Crippen LogP contribution in [0.5, 0.6) is 0 Å². The molecule has 1 unspecified atom stereocenters. The predicted octanol–water partition coefficient (Wildman–Crippen LogP) is 10.1. The van der Waals surface area contributed by atoms with Gasteiger partial charge in [-0.1, -0.05) is 115 Å². The highest BCUT2D eigenvalue weighted by molar-refractivity contribution is 6.15. The molecule has 2 heterocycles. The standard InChI is InChI=1S/C41H27N3/c1-3-10-28(11-4-1)38-33-15-8-7-14-32(33)34-22-23-36-39(40(34)38)35-21-20-30(26-37(35)44(36)31-12-5-2-6-13-31)27-16-18-29(19-17-27)41-42-24-9-25-43-41/h1-26,38H. The van der Waals surface area contributed by atoms with Crippen LogP contribution in [0.4, 0.5) is 0 Å². The van der Waals surface area contributed by atoms with Gasteiger partial charge in [-0.2, -0.15) is 0 Å². The Labute approximate surface area is 255 Å². The fraction of sp³-hybridized carbons (Fsp3) is 0.0244. The highest BCUT2D eigenvalue weighted by Gasteiger charge is 2.33. The molecule has 3 nitrogen and oxygen atoms in total. The van der Waals surface area contributed by atoms with Crippen molar-refractivity contribution in [3.63, 3.8) is 0 Å². The van der Waals surface area contributed by atoms with E-state index < -0.39 is 0 Å². The van der Waals surface area contributed by atoms with Gasteiger partial charge in [-0.3, -0.25) is 0 Å². The van der Waals surface area contributed by atoms with Gasteiger partial charge in [0.1, 0.15) is 0 Å². The van der Waals surface area contributed by atoms with Crippen molar-refractivity contribution >= 4 is 21.8 Å². The maximum Gasteiger partial charge on any atom is 0.159 e. The lowest BCUT2D eigenvalue weighted by molar-refractivity contribution is 1.03. The topological polar surface area (TPSA) is 30.7 Å². The Kier molecular flexibility index (Phi) is 5.57. The molecule has 3 heteroatoms. The number of rotatable bonds is 4. The molecule has 1 aliphatic rings. The van der Waals surface area contributed by atoms with Crippen molar-refractivity contribution in [2.45, 2.75) is 5.92 Å². The molecule has 8 aromatic rings. The van der Waals surface area contributed by atoms with E-state index in [9.17, 15) is 0 Å². The molecule has 0 fully saturated rings. The summed E-state index contributed by atoms with van der Waals surface area (Å²) in [6.07, 6.45) is 3.56. The van der Waals surface area contributed by atoms with E-state index in [0.717, 1.165) is 22.6 Å². The van der Waals surface area contributed by atoms with Gasteiger partial charge in [0.15, 0.2) is 5.82 Å². The Morgan fingerprint density at radius 3 is 1.98 bits per heavy atom. The molecule has 1 aliphatic carbocycles. The number of hydrogen-bond acceptors (Lipinski definition) is 2. The zero-order valence-electron chi connectivity index (χ0n) is 23.9. The van der Waals surface area contributed by atoms with E-state index in [1.807, 2.05) is 6.07 Å². The van der Waals surface area contributed by atoms with Crippen LogP contribution in [0, 0.1) is 0 Å². The van der Waals surface area contributed by atoms with Gasteiger partial charge in [-0.05, 0) is 69.3 Å². The molecule has 0 radical (unpaired) electrons. The van der Waals surface area contributed by atoms with Crippen molar-refractivity contribution in [2.24, 2.45) is 0 Å². The Bertz CT molecular complexity index is 2300. The first-order valence-electron chi connectivity index (χ1n) is 15.0. The Morgan fingerprint density at radius 2 is 1.18 bits per heavy atom. The van der Waals surface area contributed by atoms with Crippen LogP contribution in [0.25, 0.3) is 61.1 Å². The minimum absolute atomic E-state index is 0.174. The van der Waals surface area contributed by atoms with Crippen molar-refractivity contribution in [1.82, 2.24) is 14.5 Å². The maximum atomic E-state index is 4.42. The van der Waals surface area contributed by atoms with Crippen LogP contribution in [0.1, 0.15) is 22.6 Å². The van der Waals surface area contributed by atoms with Crippen LogP contribution in [0.15, 0.2) is 158 Å². The van der Waals surface area contributed by atoms with Gasteiger partial charge in [-0.15, -0.1) is 0 Å². The van der Waals surface area contributed by atoms with Crippen LogP contribution in [-0.2, 0) is 0 Å². The van der Waals surface area contributed by atoms with Gasteiger partial charge >= 0.3 is 0 Å². The molecule has 0 bridgehead atoms. The molecular formula is C41H27N3. The van der Waals surface area contributed by atoms with E-state index in [1.54, 1.807) is 12.4 Å². The van der Waals surface area contributed by atoms with Gasteiger partial charge in [-0.25, -0.2) is 9.97 Å². The number of aromatic nitrogens is 3. The second-order valence-corrected chi connectivity index (χ2v) is 11.4. The molecule has 0 saturated carbocycles. The summed E-state index contributed by atoms with van der Waals surface area (Å²) in [5.74, 6) is 0.912. The average Bonchev–Trinajstić information content (AvgIpc) is 3.62. The second kappa shape index (κ2) is 9.89. The van der Waals surface area contributed by atoms with Crippen molar-refractivity contribution in [1.29, 1.82) is 0 Å². The van der Waals surface area contributed by atoms with E-state index in [1.165, 1.54) is 55.2 Å². The van der Waals surface area contributed by atoms with Gasteiger partial charge in [0.25, 0.3) is 0 Å². The number of benzene rings is 6. The summed E-state index contributed by atoms with van der Waals surface area (Å²) >= 11 is 0. The smallest absolute Gasteiger partial charge is 0.159 e. The highest BCUT2D eigenvalue weighted by Crippen LogP contribution is 2.52. The van der Waals surface area contributed by atoms with Crippen molar-refractivity contribution in [2.75, 3.05) is 0 Å². The first-order chi connectivity index (χ1) is 21.8. The summed E-state index contributed by atoms with van der Waals surface area (Å²) in [5.41, 5.74) is 13.7. The average molecular weight is 562 g/mol. The third kappa shape index (κ3) is 3.76. The second-order valence-electron chi connectivity index (χ2n) is 11.4. The van der Waals surface area contributed by atoms with E-state index >= 15 is 0 Å². The molecular weight excluding hydrogens is 534 g/mol. The van der Waals surface area contributed by atoms with E-state index in [4.69, 9.17) is 0 Å². The minimum atomic E-state index is 0.174. The number of fused-ring (bicyclic) bond motifs is 7. The van der Waals surface area contributed by atoms with Gasteiger partial charge in [0.2, 0.25) is 0 Å². The first-order valence-corrected chi connectivity index (χ1v) is 15.0. The lowest BCUT2D eigenvalue weighted by Gasteiger charge is -2.16. The normalized spacial score (nSPS) is 13.7. The first kappa shape index (κ1) is 24.8. The minimum Gasteiger partial charge on any atom is -0.309 e. The Balaban J connectivity index is 1.31. The summed E-state index contributed by atoms with van der Waals surface area (Å²) in [4.78, 5) is 8.84. The van der Waals surface area contributed by atoms with E-state index in [-0.39, 0.29) is 5.92 Å². The summed E-state index contributed by atoms with van der Waals surface area (Å²) in [6.45, 7) is 0. The van der Waals surface area contributed by atoms with Crippen molar-refractivity contribution in [3.05, 3.63) is 175 Å². The molecule has 0 spiro atoms. The molecule has 0 N–H and O–H groups in total. The van der Waals surface area contributed by atoms with Crippen LogP contribution < -0.4 is 0 Å². The predicted molar refractivity (Wildman–Crippen MR) is 180 cm³/mol. The van der Waals surface area contributed by atoms with Crippen LogP contribution >= 0.6 is 0 Å². The number of para-hydroxylation sites is 1. The summed E-state index contributed by atoms with van der Waals surface area (Å²) in [7, 11) is 0. The third-order valence-electron chi connectivity index (χ3n) is 9.01. The van der Waals surface area contributed by atoms with Crippen LogP contribution in [0.2, 0.25) is 0 Å². The zero-order chi connectivity index (χ0) is 29.0. The number of nitrogens with zero attached hydrogens (tertiary/aromatic N) is 3. The van der Waals surface area contributed by atoms with Crippen molar-refractivity contribution in [3.8, 4) is 39.3 Å². The molecule has 0 aliphatic heterocycles. The Hall–Kier alpha value is -5.80. The molecule has 2 aromatic heterocycles. The molecule has 9 rings (SSSR count). The molecule has 0 amide bonds. The fourth-order valence-electron chi connectivity index (χ4n) is 7.11. The van der Waals surface area contributed by atoms with Crippen LogP contribution in [0.3, 0.4) is 0 Å². The van der Waals surface area contributed by atoms with E-state index in [0.29, 0.717) is 0 Å². The molecule has 206 valence electrons. The van der Waals surface area contributed by atoms with Crippen molar-refractivity contribution < 1.29 is 0 Å². The highest BCUT2D eigenvalue weighted by atomic mass is 15.0. The zero-order valence-corrected chi connectivity index (χ0v) is 23.9. The maximum absolute atomic E-state index is 4.42. The lowest BCUT2D eigenvalue weighted by Crippen LogP contribution is -2.00. The van der Waals surface area contributed by atoms with E-state index in [2.05, 4.69) is 154 Å². The third-order valence-corrected chi connectivity index (χ3v) is 9.01. The molecule has 44 heavy (non-hydrogen) atoms. The molecule has 6 aromatic carbocycles. The number of hydrogen-bond donors (Lipinski definition) is 0. The van der Waals surface area contributed by atoms with Gasteiger partial charge in [0, 0.05) is 40.3 Å². The lowest BCUT2D eigenvalue weighted by atomic mass is 9.87. The SMILES string of the molecule is c1ccc(C2c3ccccc3-c3ccc4c(c32)c2ccc(-c3ccc(-c5ncccn5)cc3)cc2n4-c2ccccc2)cc1. The van der Waals surface area contributed by atoms with Crippen LogP contribution in [-0.4, -0.2) is 14.5 Å². The fourth-order valence-corrected chi connectivity index (χ4v) is 7.11. The van der Waals surface area contributed by atoms with Gasteiger partial charge in [0.05, 0.1) is 11.0 Å². The molecule has 1 atom stereocenters. The quantitative estimate of drug-likeness (QED) is 0.214. The summed E-state index contributed by atoms with van der Waals surface area (Å²) in [6, 6.07) is 52.6. The Morgan fingerprint density at radius 1 is 0.500 bits per heavy atom. The molecule has 0 saturated heterocycles. The summed E-state index contributed by atoms with van der Waals surface area (Å²) < 4.78 is 2.44. The summed E-state index contributed by atoms with van der Waals surface area (Å²) in [5, 5.41) is 2.60. The van der Waals surface area contributed by atoms with Gasteiger partial charge < -0.3 is 4.57 Å². The largest absolute Gasteiger partial charge is 0.309 e. The monoisotopic (exact) mass is 561 g/mol.